The van der Waals surface area contributed by atoms with E-state index >= 15 is 0 Å². The number of piperidine rings is 1. The van der Waals surface area contributed by atoms with Gasteiger partial charge in [-0.2, -0.15) is 13.2 Å². The maximum Gasteiger partial charge on any atom is 0.394 e. The van der Waals surface area contributed by atoms with Crippen LogP contribution in [0.2, 0.25) is 0 Å². The molecule has 0 radical (unpaired) electrons. The Labute approximate surface area is 151 Å². The smallest absolute Gasteiger partial charge is 0.394 e. The van der Waals surface area contributed by atoms with E-state index < -0.39 is 29.9 Å². The van der Waals surface area contributed by atoms with Crippen LogP contribution in [0.15, 0.2) is 24.3 Å². The molecule has 26 heavy (non-hydrogen) atoms. The molecule has 0 aromatic heterocycles. The number of carbonyl (C=O) groups excluding carboxylic acids is 1. The van der Waals surface area contributed by atoms with Crippen LogP contribution in [0.1, 0.15) is 49.0 Å². The SMILES string of the molecule is CC(C)(CC(=O)N1CCC(Cc2ccccc2C(=O)O)CC1)C(F)(F)F. The normalized spacial score (nSPS) is 16.6. The molecular formula is C19H24F3NO3. The fourth-order valence-corrected chi connectivity index (χ4v) is 3.19. The Morgan fingerprint density at radius 1 is 1.15 bits per heavy atom. The van der Waals surface area contributed by atoms with Crippen molar-refractivity contribution in [1.29, 1.82) is 0 Å². The Kier molecular flexibility index (Phi) is 5.98. The first-order valence-corrected chi connectivity index (χ1v) is 8.67. The number of carboxylic acid groups (broad SMARTS) is 1. The van der Waals surface area contributed by atoms with Gasteiger partial charge >= 0.3 is 12.1 Å². The summed E-state index contributed by atoms with van der Waals surface area (Å²) >= 11 is 0. The molecule has 0 spiro atoms. The summed E-state index contributed by atoms with van der Waals surface area (Å²) in [5.41, 5.74) is -1.01. The molecule has 1 saturated heterocycles. The number of carboxylic acids is 1. The van der Waals surface area contributed by atoms with Crippen molar-refractivity contribution in [3.05, 3.63) is 35.4 Å². The predicted molar refractivity (Wildman–Crippen MR) is 90.9 cm³/mol. The minimum atomic E-state index is -4.42. The van der Waals surface area contributed by atoms with Gasteiger partial charge in [-0.05, 0) is 36.8 Å². The number of hydrogen-bond acceptors (Lipinski definition) is 2. The molecule has 1 amide bonds. The summed E-state index contributed by atoms with van der Waals surface area (Å²) in [5, 5.41) is 9.24. The molecule has 0 atom stereocenters. The number of aromatic carboxylic acids is 1. The highest BCUT2D eigenvalue weighted by molar-refractivity contribution is 5.89. The van der Waals surface area contributed by atoms with Crippen LogP contribution in [-0.2, 0) is 11.2 Å². The van der Waals surface area contributed by atoms with Crippen molar-refractivity contribution in [2.24, 2.45) is 11.3 Å². The van der Waals surface area contributed by atoms with E-state index in [1.807, 2.05) is 0 Å². The number of benzene rings is 1. The quantitative estimate of drug-likeness (QED) is 0.846. The van der Waals surface area contributed by atoms with Gasteiger partial charge in [-0.1, -0.05) is 32.0 Å². The first kappa shape index (κ1) is 20.3. The van der Waals surface area contributed by atoms with Gasteiger partial charge in [0.25, 0.3) is 0 Å². The summed E-state index contributed by atoms with van der Waals surface area (Å²) < 4.78 is 38.8. The number of nitrogens with zero attached hydrogens (tertiary/aromatic N) is 1. The molecule has 1 fully saturated rings. The van der Waals surface area contributed by atoms with Crippen molar-refractivity contribution in [3.8, 4) is 0 Å². The van der Waals surface area contributed by atoms with Gasteiger partial charge in [-0.15, -0.1) is 0 Å². The molecule has 7 heteroatoms. The first-order valence-electron chi connectivity index (χ1n) is 8.67. The number of rotatable bonds is 5. The Morgan fingerprint density at radius 2 is 1.73 bits per heavy atom. The number of alkyl halides is 3. The number of hydrogen-bond donors (Lipinski definition) is 1. The van der Waals surface area contributed by atoms with Gasteiger partial charge in [0.05, 0.1) is 11.0 Å². The highest BCUT2D eigenvalue weighted by Crippen LogP contribution is 2.40. The fraction of sp³-hybridized carbons (Fsp3) is 0.579. The van der Waals surface area contributed by atoms with Crippen molar-refractivity contribution in [1.82, 2.24) is 4.90 Å². The monoisotopic (exact) mass is 371 g/mol. The lowest BCUT2D eigenvalue weighted by molar-refractivity contribution is -0.215. The molecule has 0 bridgehead atoms. The van der Waals surface area contributed by atoms with E-state index in [2.05, 4.69) is 0 Å². The van der Waals surface area contributed by atoms with Crippen molar-refractivity contribution < 1.29 is 27.9 Å². The summed E-state index contributed by atoms with van der Waals surface area (Å²) in [6.45, 7) is 2.90. The lowest BCUT2D eigenvalue weighted by Crippen LogP contribution is -2.43. The molecule has 1 aromatic rings. The second-order valence-corrected chi connectivity index (χ2v) is 7.55. The van der Waals surface area contributed by atoms with Crippen molar-refractivity contribution in [2.75, 3.05) is 13.1 Å². The van der Waals surface area contributed by atoms with Crippen LogP contribution in [0.3, 0.4) is 0 Å². The summed E-state index contributed by atoms with van der Waals surface area (Å²) in [6.07, 6.45) is -3.05. The van der Waals surface area contributed by atoms with Gasteiger partial charge < -0.3 is 10.0 Å². The van der Waals surface area contributed by atoms with Gasteiger partial charge in [-0.25, -0.2) is 4.79 Å². The zero-order valence-electron chi connectivity index (χ0n) is 15.0. The van der Waals surface area contributed by atoms with E-state index in [1.54, 1.807) is 24.3 Å². The lowest BCUT2D eigenvalue weighted by Gasteiger charge is -2.35. The molecule has 1 aromatic carbocycles. The standard InChI is InChI=1S/C19H24F3NO3/c1-18(2,19(20,21)22)12-16(24)23-9-7-13(8-10-23)11-14-5-3-4-6-15(14)17(25)26/h3-6,13H,7-12H2,1-2H3,(H,25,26). The fourth-order valence-electron chi connectivity index (χ4n) is 3.19. The Balaban J connectivity index is 1.92. The van der Waals surface area contributed by atoms with Crippen LogP contribution in [0.25, 0.3) is 0 Å². The van der Waals surface area contributed by atoms with Crippen LogP contribution in [0, 0.1) is 11.3 Å². The molecule has 1 aliphatic heterocycles. The topological polar surface area (TPSA) is 57.6 Å². The Morgan fingerprint density at radius 3 is 2.27 bits per heavy atom. The molecule has 2 rings (SSSR count). The Hall–Kier alpha value is -2.05. The summed E-state index contributed by atoms with van der Waals surface area (Å²) in [4.78, 5) is 25.0. The third-order valence-corrected chi connectivity index (χ3v) is 5.08. The van der Waals surface area contributed by atoms with Crippen LogP contribution in [0.5, 0.6) is 0 Å². The van der Waals surface area contributed by atoms with Crippen molar-refractivity contribution >= 4 is 11.9 Å². The summed E-state index contributed by atoms with van der Waals surface area (Å²) in [7, 11) is 0. The van der Waals surface area contributed by atoms with E-state index in [9.17, 15) is 27.9 Å². The average Bonchev–Trinajstić information content (AvgIpc) is 2.54. The number of carbonyl (C=O) groups is 2. The van der Waals surface area contributed by atoms with Gasteiger partial charge in [-0.3, -0.25) is 4.79 Å². The van der Waals surface area contributed by atoms with Gasteiger partial charge in [0.1, 0.15) is 0 Å². The van der Waals surface area contributed by atoms with E-state index in [1.165, 1.54) is 4.90 Å². The number of likely N-dealkylation sites (tertiary alicyclic amines) is 1. The van der Waals surface area contributed by atoms with Crippen LogP contribution in [0.4, 0.5) is 13.2 Å². The molecular weight excluding hydrogens is 347 g/mol. The maximum absolute atomic E-state index is 12.9. The molecule has 0 aliphatic carbocycles. The number of halogens is 3. The molecule has 1 aliphatic rings. The van der Waals surface area contributed by atoms with Crippen LogP contribution >= 0.6 is 0 Å². The summed E-state index contributed by atoms with van der Waals surface area (Å²) in [5.74, 6) is -1.23. The first-order chi connectivity index (χ1) is 12.0. The number of amides is 1. The molecule has 144 valence electrons. The third-order valence-electron chi connectivity index (χ3n) is 5.08. The molecule has 1 heterocycles. The molecule has 0 unspecified atom stereocenters. The van der Waals surface area contributed by atoms with Crippen LogP contribution in [-0.4, -0.2) is 41.1 Å². The Bertz CT molecular complexity index is 662. The van der Waals surface area contributed by atoms with E-state index in [4.69, 9.17) is 0 Å². The van der Waals surface area contributed by atoms with Gasteiger partial charge in [0, 0.05) is 19.5 Å². The highest BCUT2D eigenvalue weighted by Gasteiger charge is 2.49. The van der Waals surface area contributed by atoms with Gasteiger partial charge in [0.2, 0.25) is 5.91 Å². The van der Waals surface area contributed by atoms with Crippen LogP contribution < -0.4 is 0 Å². The average molecular weight is 371 g/mol. The minimum absolute atomic E-state index is 0.218. The molecule has 4 nitrogen and oxygen atoms in total. The summed E-state index contributed by atoms with van der Waals surface area (Å²) in [6, 6.07) is 6.82. The lowest BCUT2D eigenvalue weighted by atomic mass is 9.86. The maximum atomic E-state index is 12.9. The second kappa shape index (κ2) is 7.68. The highest BCUT2D eigenvalue weighted by atomic mass is 19.4. The van der Waals surface area contributed by atoms with E-state index in [0.717, 1.165) is 19.4 Å². The van der Waals surface area contributed by atoms with Crippen molar-refractivity contribution in [2.45, 2.75) is 45.7 Å². The van der Waals surface area contributed by atoms with E-state index in [-0.39, 0.29) is 11.5 Å². The zero-order chi connectivity index (χ0) is 19.5. The zero-order valence-corrected chi connectivity index (χ0v) is 15.0. The minimum Gasteiger partial charge on any atom is -0.478 e. The molecule has 1 N–H and O–H groups in total. The third kappa shape index (κ3) is 4.77. The largest absolute Gasteiger partial charge is 0.478 e. The second-order valence-electron chi connectivity index (χ2n) is 7.55. The van der Waals surface area contributed by atoms with Gasteiger partial charge in [0.15, 0.2) is 0 Å². The predicted octanol–water partition coefficient (Wildman–Crippen LogP) is 4.14. The van der Waals surface area contributed by atoms with E-state index in [0.29, 0.717) is 32.4 Å². The molecule has 0 saturated carbocycles. The van der Waals surface area contributed by atoms with Crippen molar-refractivity contribution in [3.63, 3.8) is 0 Å².